The summed E-state index contributed by atoms with van der Waals surface area (Å²) in [5.74, 6) is -0.733. The normalized spacial score (nSPS) is 13.5. The second-order valence-electron chi connectivity index (χ2n) is 8.30. The fourth-order valence-electron chi connectivity index (χ4n) is 4.07. The van der Waals surface area contributed by atoms with Crippen LogP contribution in [0.2, 0.25) is 5.02 Å². The Hall–Kier alpha value is -3.36. The van der Waals surface area contributed by atoms with Crippen molar-refractivity contribution in [3.05, 3.63) is 88.9 Å². The number of hydrogen-bond acceptors (Lipinski definition) is 4. The van der Waals surface area contributed by atoms with Crippen molar-refractivity contribution in [3.8, 4) is 0 Å². The number of hydrogen-bond donors (Lipinski definition) is 1. The Labute approximate surface area is 210 Å². The lowest BCUT2D eigenvalue weighted by molar-refractivity contribution is -0.114. The fourth-order valence-corrected chi connectivity index (χ4v) is 5.74. The van der Waals surface area contributed by atoms with Gasteiger partial charge in [-0.05, 0) is 61.7 Å². The summed E-state index contributed by atoms with van der Waals surface area (Å²) >= 11 is 6.27. The summed E-state index contributed by atoms with van der Waals surface area (Å²) < 4.78 is 28.2. The molecule has 1 heterocycles. The van der Waals surface area contributed by atoms with Gasteiger partial charge in [0.05, 0.1) is 21.8 Å². The number of nitrogens with zero attached hydrogens (tertiary/aromatic N) is 2. The molecule has 1 aliphatic rings. The molecule has 182 valence electrons. The van der Waals surface area contributed by atoms with Crippen LogP contribution in [0.15, 0.2) is 77.7 Å². The summed E-state index contributed by atoms with van der Waals surface area (Å²) in [5, 5.41) is 3.13. The first-order chi connectivity index (χ1) is 16.8. The van der Waals surface area contributed by atoms with Crippen LogP contribution in [0.5, 0.6) is 0 Å². The number of carbonyl (C=O) groups is 2. The minimum Gasteiger partial charge on any atom is -0.339 e. The van der Waals surface area contributed by atoms with Crippen LogP contribution in [0.1, 0.15) is 28.8 Å². The van der Waals surface area contributed by atoms with Crippen LogP contribution in [0.3, 0.4) is 0 Å². The molecule has 4 rings (SSSR count). The second-order valence-corrected chi connectivity index (χ2v) is 10.6. The zero-order chi connectivity index (χ0) is 25.0. The molecular weight excluding hydrogens is 486 g/mol. The minimum absolute atomic E-state index is 0.0526. The van der Waals surface area contributed by atoms with Gasteiger partial charge in [0.1, 0.15) is 6.54 Å². The van der Waals surface area contributed by atoms with E-state index in [0.29, 0.717) is 40.6 Å². The van der Waals surface area contributed by atoms with Crippen molar-refractivity contribution < 1.29 is 18.0 Å². The van der Waals surface area contributed by atoms with Gasteiger partial charge in [-0.1, -0.05) is 48.0 Å². The zero-order valence-corrected chi connectivity index (χ0v) is 20.8. The topological polar surface area (TPSA) is 86.8 Å². The molecule has 1 N–H and O–H groups in total. The standard InChI is InChI=1S/C26H26ClN3O4S/c1-19-22(27)13-9-15-24(19)30(35(33,34)20-10-3-2-4-11-20)18-25(31)28-23-14-6-5-12-21(23)26(32)29-16-7-8-17-29/h2-6,9-15H,7-8,16-18H2,1H3,(H,28,31). The largest absolute Gasteiger partial charge is 0.339 e. The highest BCUT2D eigenvalue weighted by molar-refractivity contribution is 7.92. The average Bonchev–Trinajstić information content (AvgIpc) is 3.40. The predicted molar refractivity (Wildman–Crippen MR) is 137 cm³/mol. The molecule has 2 amide bonds. The molecule has 0 bridgehead atoms. The Morgan fingerprint density at radius 1 is 0.943 bits per heavy atom. The van der Waals surface area contributed by atoms with Crippen molar-refractivity contribution in [1.29, 1.82) is 0 Å². The van der Waals surface area contributed by atoms with Gasteiger partial charge in [-0.3, -0.25) is 13.9 Å². The number of carbonyl (C=O) groups excluding carboxylic acids is 2. The Kier molecular flexibility index (Phi) is 7.42. The lowest BCUT2D eigenvalue weighted by Gasteiger charge is -2.26. The van der Waals surface area contributed by atoms with Gasteiger partial charge >= 0.3 is 0 Å². The lowest BCUT2D eigenvalue weighted by atomic mass is 10.1. The van der Waals surface area contributed by atoms with Crippen LogP contribution in [0, 0.1) is 6.92 Å². The van der Waals surface area contributed by atoms with Crippen LogP contribution < -0.4 is 9.62 Å². The van der Waals surface area contributed by atoms with E-state index in [2.05, 4.69) is 5.32 Å². The van der Waals surface area contributed by atoms with Crippen LogP contribution in [-0.2, 0) is 14.8 Å². The molecule has 0 atom stereocenters. The van der Waals surface area contributed by atoms with Crippen molar-refractivity contribution in [3.63, 3.8) is 0 Å². The summed E-state index contributed by atoms with van der Waals surface area (Å²) in [6, 6.07) is 19.6. The maximum absolute atomic E-state index is 13.6. The lowest BCUT2D eigenvalue weighted by Crippen LogP contribution is -2.39. The molecule has 0 radical (unpaired) electrons. The number of anilines is 2. The number of likely N-dealkylation sites (tertiary alicyclic amines) is 1. The number of nitrogens with one attached hydrogen (secondary N) is 1. The van der Waals surface area contributed by atoms with Crippen molar-refractivity contribution in [2.24, 2.45) is 0 Å². The third-order valence-electron chi connectivity index (χ3n) is 5.95. The van der Waals surface area contributed by atoms with Gasteiger partial charge in [0, 0.05) is 18.1 Å². The van der Waals surface area contributed by atoms with Gasteiger partial charge in [-0.15, -0.1) is 0 Å². The molecule has 1 aliphatic heterocycles. The van der Waals surface area contributed by atoms with E-state index in [4.69, 9.17) is 11.6 Å². The van der Waals surface area contributed by atoms with E-state index < -0.39 is 22.5 Å². The Morgan fingerprint density at radius 3 is 2.31 bits per heavy atom. The maximum atomic E-state index is 13.6. The van der Waals surface area contributed by atoms with Gasteiger partial charge in [-0.25, -0.2) is 8.42 Å². The number of amides is 2. The molecule has 3 aromatic carbocycles. The molecule has 3 aromatic rings. The summed E-state index contributed by atoms with van der Waals surface area (Å²) in [6.07, 6.45) is 1.90. The van der Waals surface area contributed by atoms with Crippen LogP contribution in [0.4, 0.5) is 11.4 Å². The quantitative estimate of drug-likeness (QED) is 0.497. The van der Waals surface area contributed by atoms with Crippen molar-refractivity contribution in [2.45, 2.75) is 24.7 Å². The van der Waals surface area contributed by atoms with Crippen molar-refractivity contribution in [2.75, 3.05) is 29.3 Å². The Bertz CT molecular complexity index is 1340. The van der Waals surface area contributed by atoms with Crippen molar-refractivity contribution >= 4 is 44.8 Å². The molecule has 0 saturated carbocycles. The van der Waals surface area contributed by atoms with Crippen LogP contribution >= 0.6 is 11.6 Å². The van der Waals surface area contributed by atoms with Gasteiger partial charge < -0.3 is 10.2 Å². The molecule has 1 saturated heterocycles. The predicted octanol–water partition coefficient (Wildman–Crippen LogP) is 4.72. The van der Waals surface area contributed by atoms with Crippen molar-refractivity contribution in [1.82, 2.24) is 4.90 Å². The van der Waals surface area contributed by atoms with E-state index in [1.807, 2.05) is 0 Å². The number of benzene rings is 3. The van der Waals surface area contributed by atoms with Crippen LogP contribution in [-0.4, -0.2) is 44.8 Å². The molecule has 1 fully saturated rings. The molecule has 35 heavy (non-hydrogen) atoms. The summed E-state index contributed by atoms with van der Waals surface area (Å²) in [6.45, 7) is 2.56. The first-order valence-corrected chi connectivity index (χ1v) is 13.1. The number of rotatable bonds is 7. The van der Waals surface area contributed by atoms with E-state index >= 15 is 0 Å². The SMILES string of the molecule is Cc1c(Cl)cccc1N(CC(=O)Nc1ccccc1C(=O)N1CCCC1)S(=O)(=O)c1ccccc1. The molecule has 9 heteroatoms. The maximum Gasteiger partial charge on any atom is 0.264 e. The van der Waals surface area contributed by atoms with E-state index in [9.17, 15) is 18.0 Å². The van der Waals surface area contributed by atoms with Gasteiger partial charge in [0.15, 0.2) is 0 Å². The van der Waals surface area contributed by atoms with E-state index in [1.54, 1.807) is 72.5 Å². The highest BCUT2D eigenvalue weighted by atomic mass is 35.5. The summed E-state index contributed by atoms with van der Waals surface area (Å²) in [5.41, 5.74) is 1.55. The van der Waals surface area contributed by atoms with E-state index in [0.717, 1.165) is 17.1 Å². The van der Waals surface area contributed by atoms with Gasteiger partial charge in [0.2, 0.25) is 5.91 Å². The number of halogens is 1. The summed E-state index contributed by atoms with van der Waals surface area (Å²) in [4.78, 5) is 28.0. The third kappa shape index (κ3) is 5.33. The van der Waals surface area contributed by atoms with E-state index in [-0.39, 0.29) is 10.8 Å². The molecular formula is C26H26ClN3O4S. The van der Waals surface area contributed by atoms with Gasteiger partial charge in [-0.2, -0.15) is 0 Å². The summed E-state index contributed by atoms with van der Waals surface area (Å²) in [7, 11) is -4.08. The number of para-hydroxylation sites is 1. The Balaban J connectivity index is 1.65. The number of sulfonamides is 1. The van der Waals surface area contributed by atoms with E-state index in [1.165, 1.54) is 12.1 Å². The zero-order valence-electron chi connectivity index (χ0n) is 19.3. The molecule has 0 aliphatic carbocycles. The van der Waals surface area contributed by atoms with Crippen LogP contribution in [0.25, 0.3) is 0 Å². The third-order valence-corrected chi connectivity index (χ3v) is 8.13. The monoisotopic (exact) mass is 511 g/mol. The Morgan fingerprint density at radius 2 is 1.60 bits per heavy atom. The second kappa shape index (κ2) is 10.5. The van der Waals surface area contributed by atoms with Gasteiger partial charge in [0.25, 0.3) is 15.9 Å². The first-order valence-electron chi connectivity index (χ1n) is 11.3. The highest BCUT2D eigenvalue weighted by Gasteiger charge is 2.29. The fraction of sp³-hybridized carbons (Fsp3) is 0.231. The molecule has 0 spiro atoms. The minimum atomic E-state index is -4.08. The molecule has 7 nitrogen and oxygen atoms in total. The molecule has 0 aromatic heterocycles. The first kappa shape index (κ1) is 24.8. The smallest absolute Gasteiger partial charge is 0.264 e. The molecule has 0 unspecified atom stereocenters. The average molecular weight is 512 g/mol. The highest BCUT2D eigenvalue weighted by Crippen LogP contribution is 2.31.